The number of halogens is 1. The molecule has 0 saturated carbocycles. The minimum absolute atomic E-state index is 0.136. The quantitative estimate of drug-likeness (QED) is 0.826. The van der Waals surface area contributed by atoms with Crippen LogP contribution in [-0.2, 0) is 10.0 Å². The molecule has 0 aliphatic rings. The highest BCUT2D eigenvalue weighted by atomic mass is 79.9. The van der Waals surface area contributed by atoms with Crippen molar-refractivity contribution < 1.29 is 8.42 Å². The van der Waals surface area contributed by atoms with E-state index in [1.54, 1.807) is 13.0 Å². The van der Waals surface area contributed by atoms with Gasteiger partial charge in [0.15, 0.2) is 0 Å². The van der Waals surface area contributed by atoms with Gasteiger partial charge in [0.1, 0.15) is 5.00 Å². The van der Waals surface area contributed by atoms with Crippen molar-refractivity contribution >= 4 is 48.2 Å². The van der Waals surface area contributed by atoms with Gasteiger partial charge in [-0.25, -0.2) is 8.42 Å². The summed E-state index contributed by atoms with van der Waals surface area (Å²) in [5.41, 5.74) is 6.66. The molecule has 0 radical (unpaired) electrons. The summed E-state index contributed by atoms with van der Waals surface area (Å²) >= 11 is 4.22. The van der Waals surface area contributed by atoms with Gasteiger partial charge in [-0.15, -0.1) is 5.10 Å². The summed E-state index contributed by atoms with van der Waals surface area (Å²) < 4.78 is 31.0. The monoisotopic (exact) mass is 348 g/mol. The Morgan fingerprint density at radius 2 is 2.17 bits per heavy atom. The van der Waals surface area contributed by atoms with Crippen molar-refractivity contribution in [1.29, 1.82) is 0 Å². The van der Waals surface area contributed by atoms with Gasteiger partial charge in [-0.2, -0.15) is 0 Å². The molecule has 3 N–H and O–H groups in total. The van der Waals surface area contributed by atoms with Crippen LogP contribution in [0.3, 0.4) is 0 Å². The third-order valence-electron chi connectivity index (χ3n) is 2.18. The van der Waals surface area contributed by atoms with E-state index < -0.39 is 10.0 Å². The SMILES string of the molecule is Cc1cc(Br)c(N)cc1S(=O)(=O)Nc1cnns1. The van der Waals surface area contributed by atoms with E-state index in [0.29, 0.717) is 20.7 Å². The molecule has 0 bridgehead atoms. The lowest BCUT2D eigenvalue weighted by atomic mass is 10.2. The Bertz CT molecular complexity index is 670. The maximum atomic E-state index is 12.2. The number of nitrogen functional groups attached to an aromatic ring is 1. The molecule has 1 aromatic heterocycles. The van der Waals surface area contributed by atoms with Crippen molar-refractivity contribution in [3.05, 3.63) is 28.4 Å². The van der Waals surface area contributed by atoms with Crippen molar-refractivity contribution in [3.63, 3.8) is 0 Å². The molecule has 9 heteroatoms. The first-order valence-electron chi connectivity index (χ1n) is 4.76. The highest BCUT2D eigenvalue weighted by Gasteiger charge is 2.19. The lowest BCUT2D eigenvalue weighted by molar-refractivity contribution is 0.601. The molecule has 0 saturated heterocycles. The largest absolute Gasteiger partial charge is 0.398 e. The minimum atomic E-state index is -3.67. The fourth-order valence-electron chi connectivity index (χ4n) is 1.36. The normalized spacial score (nSPS) is 11.4. The van der Waals surface area contributed by atoms with Crippen molar-refractivity contribution in [2.45, 2.75) is 11.8 Å². The van der Waals surface area contributed by atoms with Crippen LogP contribution in [0.2, 0.25) is 0 Å². The second-order valence-corrected chi connectivity index (χ2v) is 6.82. The zero-order chi connectivity index (χ0) is 13.3. The molecular formula is C9H9BrN4O2S2. The van der Waals surface area contributed by atoms with Crippen molar-refractivity contribution in [2.24, 2.45) is 0 Å². The van der Waals surface area contributed by atoms with Crippen LogP contribution in [-0.4, -0.2) is 18.0 Å². The number of hydrogen-bond donors (Lipinski definition) is 2. The Morgan fingerprint density at radius 1 is 1.44 bits per heavy atom. The molecule has 0 atom stereocenters. The highest BCUT2D eigenvalue weighted by molar-refractivity contribution is 9.10. The number of hydrogen-bond acceptors (Lipinski definition) is 6. The molecule has 1 heterocycles. The molecule has 2 aromatic rings. The van der Waals surface area contributed by atoms with Crippen LogP contribution in [0, 0.1) is 6.92 Å². The maximum Gasteiger partial charge on any atom is 0.262 e. The molecule has 18 heavy (non-hydrogen) atoms. The Balaban J connectivity index is 2.44. The zero-order valence-electron chi connectivity index (χ0n) is 9.21. The molecule has 0 aliphatic heterocycles. The first-order valence-corrected chi connectivity index (χ1v) is 7.81. The standard InChI is InChI=1S/C9H9BrN4O2S2/c1-5-2-6(10)7(11)3-8(5)18(15,16)13-9-4-12-14-17-9/h2-4,13H,11H2,1H3. The average Bonchev–Trinajstić information content (AvgIpc) is 2.75. The van der Waals surface area contributed by atoms with E-state index in [-0.39, 0.29) is 4.90 Å². The topological polar surface area (TPSA) is 98.0 Å². The van der Waals surface area contributed by atoms with Gasteiger partial charge in [-0.3, -0.25) is 4.72 Å². The Hall–Kier alpha value is -1.19. The Morgan fingerprint density at radius 3 is 2.78 bits per heavy atom. The van der Waals surface area contributed by atoms with Gasteiger partial charge in [0.2, 0.25) is 0 Å². The van der Waals surface area contributed by atoms with E-state index in [1.165, 1.54) is 12.3 Å². The molecule has 6 nitrogen and oxygen atoms in total. The molecule has 0 fully saturated rings. The van der Waals surface area contributed by atoms with Gasteiger partial charge in [0.25, 0.3) is 10.0 Å². The summed E-state index contributed by atoms with van der Waals surface area (Å²) in [5, 5.41) is 3.92. The van der Waals surface area contributed by atoms with Crippen molar-refractivity contribution in [3.8, 4) is 0 Å². The van der Waals surface area contributed by atoms with Gasteiger partial charge in [-0.05, 0) is 40.5 Å². The number of rotatable bonds is 3. The molecule has 1 aromatic carbocycles. The van der Waals surface area contributed by atoms with Gasteiger partial charge in [0, 0.05) is 21.7 Å². The predicted molar refractivity (Wildman–Crippen MR) is 74.0 cm³/mol. The molecule has 0 aliphatic carbocycles. The van der Waals surface area contributed by atoms with Crippen LogP contribution >= 0.6 is 27.5 Å². The smallest absolute Gasteiger partial charge is 0.262 e. The predicted octanol–water partition coefficient (Wildman–Crippen LogP) is 1.99. The molecule has 0 amide bonds. The fourth-order valence-corrected chi connectivity index (χ4v) is 3.76. The lowest BCUT2D eigenvalue weighted by Gasteiger charge is -2.10. The van der Waals surface area contributed by atoms with Crippen LogP contribution in [0.1, 0.15) is 5.56 Å². The zero-order valence-corrected chi connectivity index (χ0v) is 12.4. The van der Waals surface area contributed by atoms with Crippen LogP contribution in [0.15, 0.2) is 27.7 Å². The second kappa shape index (κ2) is 4.82. The van der Waals surface area contributed by atoms with Gasteiger partial charge in [0.05, 0.1) is 11.1 Å². The highest BCUT2D eigenvalue weighted by Crippen LogP contribution is 2.28. The first kappa shape index (κ1) is 13.2. The molecular weight excluding hydrogens is 340 g/mol. The maximum absolute atomic E-state index is 12.2. The number of aromatic nitrogens is 2. The Kier molecular flexibility index (Phi) is 3.55. The van der Waals surface area contributed by atoms with E-state index in [9.17, 15) is 8.42 Å². The van der Waals surface area contributed by atoms with Crippen LogP contribution < -0.4 is 10.5 Å². The number of anilines is 2. The molecule has 0 spiro atoms. The van der Waals surface area contributed by atoms with E-state index in [1.807, 2.05) is 0 Å². The summed E-state index contributed by atoms with van der Waals surface area (Å²) in [4.78, 5) is 0.136. The molecule has 2 rings (SSSR count). The van der Waals surface area contributed by atoms with E-state index in [4.69, 9.17) is 5.73 Å². The van der Waals surface area contributed by atoms with Gasteiger partial charge < -0.3 is 5.73 Å². The van der Waals surface area contributed by atoms with Gasteiger partial charge in [-0.1, -0.05) is 4.49 Å². The first-order chi connectivity index (χ1) is 8.40. The summed E-state index contributed by atoms with van der Waals surface area (Å²) in [6, 6.07) is 3.07. The average molecular weight is 349 g/mol. The summed E-state index contributed by atoms with van der Waals surface area (Å²) in [5.74, 6) is 0. The van der Waals surface area contributed by atoms with E-state index in [2.05, 4.69) is 30.2 Å². The number of sulfonamides is 1. The Labute approximate surface area is 117 Å². The molecule has 96 valence electrons. The van der Waals surface area contributed by atoms with Crippen molar-refractivity contribution in [2.75, 3.05) is 10.5 Å². The second-order valence-electron chi connectivity index (χ2n) is 3.53. The van der Waals surface area contributed by atoms with E-state index >= 15 is 0 Å². The van der Waals surface area contributed by atoms with E-state index in [0.717, 1.165) is 11.5 Å². The van der Waals surface area contributed by atoms with Crippen molar-refractivity contribution in [1.82, 2.24) is 9.59 Å². The molecule has 0 unspecified atom stereocenters. The summed E-state index contributed by atoms with van der Waals surface area (Å²) in [6.45, 7) is 1.70. The third kappa shape index (κ3) is 2.62. The number of nitrogens with zero attached hydrogens (tertiary/aromatic N) is 2. The minimum Gasteiger partial charge on any atom is -0.398 e. The summed E-state index contributed by atoms with van der Waals surface area (Å²) in [7, 11) is -3.67. The number of benzene rings is 1. The number of nitrogens with one attached hydrogen (secondary N) is 1. The van der Waals surface area contributed by atoms with Crippen LogP contribution in [0.5, 0.6) is 0 Å². The van der Waals surface area contributed by atoms with Gasteiger partial charge >= 0.3 is 0 Å². The fraction of sp³-hybridized carbons (Fsp3) is 0.111. The number of nitrogens with two attached hydrogens (primary N) is 1. The van der Waals surface area contributed by atoms with Crippen LogP contribution in [0.4, 0.5) is 10.7 Å². The third-order valence-corrected chi connectivity index (χ3v) is 5.08. The summed E-state index contributed by atoms with van der Waals surface area (Å²) in [6.07, 6.45) is 1.35. The van der Waals surface area contributed by atoms with Crippen LogP contribution in [0.25, 0.3) is 0 Å². The lowest BCUT2D eigenvalue weighted by Crippen LogP contribution is -2.14. The number of aryl methyl sites for hydroxylation is 1.